The van der Waals surface area contributed by atoms with Crippen LogP contribution in [0.4, 0.5) is 0 Å². The second-order valence-electron chi connectivity index (χ2n) is 18.3. The van der Waals surface area contributed by atoms with Gasteiger partial charge >= 0.3 is 29.8 Å². The Morgan fingerprint density at radius 2 is 1.56 bits per heavy atom. The lowest BCUT2D eigenvalue weighted by Crippen LogP contribution is -2.62. The molecule has 0 radical (unpaired) electrons. The van der Waals surface area contributed by atoms with Gasteiger partial charge in [-0.05, 0) is 38.2 Å². The maximum absolute atomic E-state index is 13.4. The highest BCUT2D eigenvalue weighted by atomic mass is 16.7. The molecule has 358 valence electrons. The molecule has 4 aliphatic rings. The lowest BCUT2D eigenvalue weighted by Gasteiger charge is -2.53. The predicted octanol–water partition coefficient (Wildman–Crippen LogP) is 4.28. The number of hydrogen-bond acceptors (Lipinski definition) is 17. The Balaban J connectivity index is 1.89. The molecule has 17 nitrogen and oxygen atoms in total. The minimum absolute atomic E-state index is 0.0721. The third-order valence-electron chi connectivity index (χ3n) is 12.4. The average molecular weight is 905 g/mol. The van der Waals surface area contributed by atoms with Gasteiger partial charge in [0.15, 0.2) is 11.9 Å². The summed E-state index contributed by atoms with van der Waals surface area (Å²) < 4.78 is 46.7. The van der Waals surface area contributed by atoms with Crippen molar-refractivity contribution >= 4 is 29.8 Å². The highest BCUT2D eigenvalue weighted by Crippen LogP contribution is 2.50. The van der Waals surface area contributed by atoms with Gasteiger partial charge in [-0.3, -0.25) is 9.59 Å². The average Bonchev–Trinajstić information content (AvgIpc) is 3.19. The molecule has 64 heavy (non-hydrogen) atoms. The summed E-state index contributed by atoms with van der Waals surface area (Å²) in [7, 11) is 2.40. The van der Waals surface area contributed by atoms with Gasteiger partial charge in [0.05, 0.1) is 62.7 Å². The third-order valence-corrected chi connectivity index (χ3v) is 12.4. The number of allylic oxidation sites excluding steroid dienone is 3. The van der Waals surface area contributed by atoms with E-state index >= 15 is 0 Å². The number of hydrogen-bond donors (Lipinski definition) is 4. The molecule has 3 fully saturated rings. The second kappa shape index (κ2) is 22.3. The van der Waals surface area contributed by atoms with E-state index in [1.807, 2.05) is 13.0 Å². The van der Waals surface area contributed by atoms with Gasteiger partial charge in [0.1, 0.15) is 12.2 Å². The molecule has 4 heterocycles. The topological polar surface area (TPSA) is 240 Å². The number of aliphatic hydroxyl groups excluding tert-OH is 2. The molecule has 11 atom stereocenters. The zero-order chi connectivity index (χ0) is 47.6. The molecule has 17 heteroatoms. The zero-order valence-electron chi connectivity index (χ0n) is 38.5. The molecule has 0 aromatic carbocycles. The van der Waals surface area contributed by atoms with Crippen LogP contribution >= 0.6 is 0 Å². The normalized spacial score (nSPS) is 35.8. The lowest BCUT2D eigenvalue weighted by atomic mass is 9.70. The first-order valence-electron chi connectivity index (χ1n) is 21.9. The van der Waals surface area contributed by atoms with Crippen molar-refractivity contribution in [3.8, 4) is 0 Å². The van der Waals surface area contributed by atoms with Gasteiger partial charge in [-0.25, -0.2) is 14.4 Å². The van der Waals surface area contributed by atoms with Crippen molar-refractivity contribution in [2.24, 2.45) is 10.8 Å². The number of carbonyl (C=O) groups is 5. The Hall–Kier alpha value is -4.23. The van der Waals surface area contributed by atoms with Gasteiger partial charge in [-0.15, -0.1) is 0 Å². The Morgan fingerprint density at radius 3 is 2.20 bits per heavy atom. The number of unbranched alkanes of at least 4 members (excludes halogenated alkanes) is 1. The molecular formula is C47H68O17. The van der Waals surface area contributed by atoms with Crippen LogP contribution in [-0.2, 0) is 61.9 Å². The molecule has 3 saturated heterocycles. The summed E-state index contributed by atoms with van der Waals surface area (Å²) in [5.74, 6) is -8.31. The largest absolute Gasteiger partial charge is 0.466 e. The molecule has 4 aliphatic heterocycles. The smallest absolute Gasteiger partial charge is 0.331 e. The van der Waals surface area contributed by atoms with E-state index in [1.54, 1.807) is 45.9 Å². The molecule has 4 rings (SSSR count). The van der Waals surface area contributed by atoms with E-state index in [4.69, 9.17) is 37.9 Å². The lowest BCUT2D eigenvalue weighted by molar-refractivity contribution is -0.348. The highest BCUT2D eigenvalue weighted by molar-refractivity contribution is 5.85. The molecule has 0 saturated carbocycles. The van der Waals surface area contributed by atoms with E-state index in [-0.39, 0.29) is 50.5 Å². The Morgan fingerprint density at radius 1 is 0.875 bits per heavy atom. The van der Waals surface area contributed by atoms with Crippen molar-refractivity contribution in [3.05, 3.63) is 59.8 Å². The molecule has 6 bridgehead atoms. The number of cyclic esters (lactones) is 1. The van der Waals surface area contributed by atoms with Crippen LogP contribution in [0.15, 0.2) is 59.8 Å². The first-order chi connectivity index (χ1) is 29.9. The molecular weight excluding hydrogens is 836 g/mol. The van der Waals surface area contributed by atoms with Crippen LogP contribution in [0.1, 0.15) is 113 Å². The summed E-state index contributed by atoms with van der Waals surface area (Å²) in [6.07, 6.45) is 2.55. The number of fused-ring (bicyclic) bond motifs is 6. The number of carbonyl (C=O) groups excluding carboxylic acids is 5. The second-order valence-corrected chi connectivity index (χ2v) is 18.3. The zero-order valence-corrected chi connectivity index (χ0v) is 38.5. The van der Waals surface area contributed by atoms with Crippen LogP contribution in [0.5, 0.6) is 0 Å². The first-order valence-corrected chi connectivity index (χ1v) is 21.9. The van der Waals surface area contributed by atoms with Crippen LogP contribution in [-0.4, -0.2) is 131 Å². The quantitative estimate of drug-likeness (QED) is 0.0830. The van der Waals surface area contributed by atoms with E-state index in [9.17, 15) is 44.4 Å². The van der Waals surface area contributed by atoms with Gasteiger partial charge in [0.25, 0.3) is 0 Å². The number of aliphatic hydroxyl groups is 4. The minimum Gasteiger partial charge on any atom is -0.466 e. The predicted molar refractivity (Wildman–Crippen MR) is 228 cm³/mol. The summed E-state index contributed by atoms with van der Waals surface area (Å²) in [5.41, 5.74) is -2.06. The summed E-state index contributed by atoms with van der Waals surface area (Å²) in [5, 5.41) is 47.5. The van der Waals surface area contributed by atoms with Gasteiger partial charge in [0, 0.05) is 56.3 Å². The van der Waals surface area contributed by atoms with Crippen molar-refractivity contribution in [1.82, 2.24) is 0 Å². The fourth-order valence-electron chi connectivity index (χ4n) is 8.57. The molecule has 0 aliphatic carbocycles. The highest BCUT2D eigenvalue weighted by Gasteiger charge is 2.59. The summed E-state index contributed by atoms with van der Waals surface area (Å²) in [4.78, 5) is 64.7. The maximum Gasteiger partial charge on any atom is 0.331 e. The molecule has 1 unspecified atom stereocenters. The van der Waals surface area contributed by atoms with Crippen LogP contribution in [0.2, 0.25) is 0 Å². The van der Waals surface area contributed by atoms with E-state index in [2.05, 4.69) is 0 Å². The van der Waals surface area contributed by atoms with Gasteiger partial charge < -0.3 is 58.3 Å². The fraction of sp³-hybridized carbons (Fsp3) is 0.681. The number of methoxy groups -OCH3 is 2. The van der Waals surface area contributed by atoms with Gasteiger partial charge in [-0.1, -0.05) is 77.0 Å². The van der Waals surface area contributed by atoms with E-state index in [1.165, 1.54) is 33.1 Å². The molecule has 0 amide bonds. The Kier molecular flexibility index (Phi) is 18.3. The van der Waals surface area contributed by atoms with Crippen molar-refractivity contribution < 1.29 is 82.3 Å². The van der Waals surface area contributed by atoms with E-state index < -0.39 is 114 Å². The van der Waals surface area contributed by atoms with Crippen LogP contribution in [0, 0.1) is 10.8 Å². The molecule has 0 aromatic heterocycles. The summed E-state index contributed by atoms with van der Waals surface area (Å²) in [6.45, 7) is 11.2. The molecule has 0 aromatic rings. The van der Waals surface area contributed by atoms with Crippen LogP contribution in [0.25, 0.3) is 0 Å². The van der Waals surface area contributed by atoms with Gasteiger partial charge in [0.2, 0.25) is 5.79 Å². The fourth-order valence-corrected chi connectivity index (χ4v) is 8.57. The van der Waals surface area contributed by atoms with Crippen molar-refractivity contribution in [2.45, 2.75) is 179 Å². The van der Waals surface area contributed by atoms with E-state index in [0.717, 1.165) is 32.1 Å². The summed E-state index contributed by atoms with van der Waals surface area (Å²) >= 11 is 0. The third kappa shape index (κ3) is 13.4. The minimum atomic E-state index is -2.47. The molecule has 0 spiro atoms. The first kappa shape index (κ1) is 52.4. The summed E-state index contributed by atoms with van der Waals surface area (Å²) in [6, 6.07) is 0. The van der Waals surface area contributed by atoms with Crippen LogP contribution < -0.4 is 0 Å². The van der Waals surface area contributed by atoms with Crippen LogP contribution in [0.3, 0.4) is 0 Å². The number of ether oxygens (including phenoxy) is 8. The Bertz CT molecular complexity index is 1830. The maximum atomic E-state index is 13.4. The Labute approximate surface area is 375 Å². The number of rotatable bonds is 9. The monoisotopic (exact) mass is 904 g/mol. The number of esters is 5. The standard InChI is InChI=1S/C47H68O17/c1-10-11-12-13-14-15-39(51)62-43-31(22-41(53)58-9)21-34-25-37(28(2)48)61-42(54)24-32(50)23-35-26-38(59-29(3)49)45(6,7)46(55,63-35)27-36-19-30(20-40(52)57-8)18-33(60-36)16-17-44(4,5)47(43,56)64-34/h12-17,20,22,28,32-38,43,48,50,55-56H,10-11,18-19,21,23-27H2,1-9H3/b13-12+,15-14+,17-16+,30-20+,31-22+/t28-,32-,33+,34+,35-,36+,37?,38+,43+,46+,47-/m1/s1. The van der Waals surface area contributed by atoms with Gasteiger partial charge in [-0.2, -0.15) is 0 Å². The van der Waals surface area contributed by atoms with Crippen molar-refractivity contribution in [3.63, 3.8) is 0 Å². The van der Waals surface area contributed by atoms with Crippen molar-refractivity contribution in [1.29, 1.82) is 0 Å². The molecule has 4 N–H and O–H groups in total. The van der Waals surface area contributed by atoms with E-state index in [0.29, 0.717) is 5.57 Å². The SMILES string of the molecule is CCC/C=C/C=C/C(=O)O[C@H]1/C(=C/C(=O)OC)C[C@H]2CC([C@@H](C)O)OC(=O)C[C@H](O)C[C@@H]3C[C@H](OC(C)=O)C(C)(C)[C@](O)(C[C@@H]4C/C(=C/C(=O)OC)C[C@H](/C=C/C(C)(C)[C@]1(O)O2)O4)O3. The van der Waals surface area contributed by atoms with Crippen molar-refractivity contribution in [2.75, 3.05) is 14.2 Å².